The Bertz CT molecular complexity index is 1060. The van der Waals surface area contributed by atoms with Gasteiger partial charge in [0.15, 0.2) is 0 Å². The molecule has 4 rings (SSSR count). The van der Waals surface area contributed by atoms with Crippen LogP contribution in [-0.2, 0) is 11.2 Å². The number of nitrogens with one attached hydrogen (secondary N) is 2. The van der Waals surface area contributed by atoms with Gasteiger partial charge in [0.2, 0.25) is 5.91 Å². The number of halogens is 1. The highest BCUT2D eigenvalue weighted by Gasteiger charge is 2.26. The lowest BCUT2D eigenvalue weighted by atomic mass is 9.82. The van der Waals surface area contributed by atoms with Gasteiger partial charge in [-0.25, -0.2) is 0 Å². The Hall–Kier alpha value is -2.66. The van der Waals surface area contributed by atoms with Crippen LogP contribution in [0, 0.1) is 11.3 Å². The molecule has 0 radical (unpaired) electrons. The van der Waals surface area contributed by atoms with Crippen molar-refractivity contribution >= 4 is 17.5 Å². The molecule has 6 heteroatoms. The Labute approximate surface area is 201 Å². The fourth-order valence-electron chi connectivity index (χ4n) is 4.73. The zero-order valence-electron chi connectivity index (χ0n) is 19.7. The summed E-state index contributed by atoms with van der Waals surface area (Å²) in [6, 6.07) is 12.2. The number of amides is 1. The normalized spacial score (nSPS) is 18.8. The molecule has 5 nitrogen and oxygen atoms in total. The third-order valence-corrected chi connectivity index (χ3v) is 6.58. The average molecular weight is 465 g/mol. The second-order valence-electron chi connectivity index (χ2n) is 10.4. The number of pyridine rings is 1. The van der Waals surface area contributed by atoms with Gasteiger partial charge in [-0.2, -0.15) is 5.10 Å². The smallest absolute Gasteiger partial charge is 0.220 e. The molecule has 0 bridgehead atoms. The van der Waals surface area contributed by atoms with Crippen molar-refractivity contribution in [2.24, 2.45) is 11.3 Å². The molecule has 0 atom stereocenters. The zero-order valence-corrected chi connectivity index (χ0v) is 20.5. The molecule has 1 amide bonds. The number of aromatic amines is 1. The number of benzene rings is 1. The second kappa shape index (κ2) is 10.1. The van der Waals surface area contributed by atoms with E-state index in [9.17, 15) is 4.79 Å². The number of rotatable bonds is 6. The minimum absolute atomic E-state index is 0.0209. The summed E-state index contributed by atoms with van der Waals surface area (Å²) in [4.78, 5) is 16.5. The fraction of sp³-hybridized carbons (Fsp3) is 0.444. The van der Waals surface area contributed by atoms with Crippen molar-refractivity contribution in [3.05, 3.63) is 59.5 Å². The summed E-state index contributed by atoms with van der Waals surface area (Å²) in [5.41, 5.74) is 5.41. The van der Waals surface area contributed by atoms with Crippen LogP contribution in [0.1, 0.15) is 58.6 Å². The molecule has 0 unspecified atom stereocenters. The standard InChI is InChI=1S/C27H33ClN4O/c1-27(2,3)17-24(33)30-22-10-4-18(5-11-22)16-23-25(19-12-14-29-15-13-19)26(32-31-23)20-6-8-21(28)9-7-20/h6-9,12-15,18,22H,4-5,10-11,16-17H2,1-3H3,(H,30,33)(H,31,32). The minimum atomic E-state index is 0.0209. The summed E-state index contributed by atoms with van der Waals surface area (Å²) < 4.78 is 0. The summed E-state index contributed by atoms with van der Waals surface area (Å²) in [5, 5.41) is 12.0. The molecule has 2 aromatic heterocycles. The lowest BCUT2D eigenvalue weighted by Crippen LogP contribution is -2.39. The van der Waals surface area contributed by atoms with Crippen LogP contribution in [0.5, 0.6) is 0 Å². The molecule has 174 valence electrons. The van der Waals surface area contributed by atoms with E-state index in [0.717, 1.165) is 60.2 Å². The maximum absolute atomic E-state index is 12.3. The number of hydrogen-bond acceptors (Lipinski definition) is 3. The average Bonchev–Trinajstić information content (AvgIpc) is 3.18. The van der Waals surface area contributed by atoms with E-state index in [1.165, 1.54) is 0 Å². The SMILES string of the molecule is CC(C)(C)CC(=O)NC1CCC(Cc2[nH]nc(-c3ccc(Cl)cc3)c2-c2ccncc2)CC1. The highest BCUT2D eigenvalue weighted by molar-refractivity contribution is 6.30. The predicted molar refractivity (Wildman–Crippen MR) is 134 cm³/mol. The molecule has 0 saturated heterocycles. The van der Waals surface area contributed by atoms with Gasteiger partial charge in [-0.15, -0.1) is 0 Å². The largest absolute Gasteiger partial charge is 0.353 e. The molecule has 3 aromatic rings. The zero-order chi connectivity index (χ0) is 23.4. The summed E-state index contributed by atoms with van der Waals surface area (Å²) in [7, 11) is 0. The molecule has 2 heterocycles. The first kappa shape index (κ1) is 23.5. The number of H-pyrrole nitrogens is 1. The van der Waals surface area contributed by atoms with Crippen LogP contribution in [0.25, 0.3) is 22.4 Å². The lowest BCUT2D eigenvalue weighted by molar-refractivity contribution is -0.123. The monoisotopic (exact) mass is 464 g/mol. The van der Waals surface area contributed by atoms with Crippen LogP contribution in [0.15, 0.2) is 48.8 Å². The molecular formula is C27H33ClN4O. The van der Waals surface area contributed by atoms with Crippen molar-refractivity contribution in [3.8, 4) is 22.4 Å². The topological polar surface area (TPSA) is 70.7 Å². The van der Waals surface area contributed by atoms with Crippen molar-refractivity contribution in [2.75, 3.05) is 0 Å². The van der Waals surface area contributed by atoms with Crippen molar-refractivity contribution in [3.63, 3.8) is 0 Å². The summed E-state index contributed by atoms with van der Waals surface area (Å²) in [5.74, 6) is 0.743. The summed E-state index contributed by atoms with van der Waals surface area (Å²) in [6.07, 6.45) is 9.43. The van der Waals surface area contributed by atoms with Crippen LogP contribution in [0.3, 0.4) is 0 Å². The van der Waals surface area contributed by atoms with E-state index in [-0.39, 0.29) is 11.3 Å². The van der Waals surface area contributed by atoms with Crippen LogP contribution < -0.4 is 5.32 Å². The Kier molecular flexibility index (Phi) is 7.18. The molecular weight excluding hydrogens is 432 g/mol. The van der Waals surface area contributed by atoms with Gasteiger partial charge in [0.25, 0.3) is 0 Å². The van der Waals surface area contributed by atoms with Gasteiger partial charge in [0.1, 0.15) is 5.69 Å². The highest BCUT2D eigenvalue weighted by atomic mass is 35.5. The van der Waals surface area contributed by atoms with Crippen molar-refractivity contribution in [1.82, 2.24) is 20.5 Å². The molecule has 33 heavy (non-hydrogen) atoms. The van der Waals surface area contributed by atoms with Gasteiger partial charge in [-0.1, -0.05) is 44.5 Å². The molecule has 1 aliphatic rings. The quantitative estimate of drug-likeness (QED) is 0.440. The number of aromatic nitrogens is 3. The van der Waals surface area contributed by atoms with Gasteiger partial charge in [-0.3, -0.25) is 14.9 Å². The minimum Gasteiger partial charge on any atom is -0.353 e. The van der Waals surface area contributed by atoms with Crippen molar-refractivity contribution in [1.29, 1.82) is 0 Å². The number of nitrogens with zero attached hydrogens (tertiary/aromatic N) is 2. The third kappa shape index (κ3) is 6.23. The predicted octanol–water partition coefficient (Wildman–Crippen LogP) is 6.45. The Morgan fingerprint density at radius 1 is 1.03 bits per heavy atom. The van der Waals surface area contributed by atoms with Crippen LogP contribution >= 0.6 is 11.6 Å². The summed E-state index contributed by atoms with van der Waals surface area (Å²) in [6.45, 7) is 6.31. The van der Waals surface area contributed by atoms with E-state index < -0.39 is 0 Å². The molecule has 0 spiro atoms. The number of hydrogen-bond donors (Lipinski definition) is 2. The Morgan fingerprint density at radius 3 is 2.33 bits per heavy atom. The van der Waals surface area contributed by atoms with E-state index in [1.807, 2.05) is 48.8 Å². The van der Waals surface area contributed by atoms with E-state index in [1.54, 1.807) is 0 Å². The third-order valence-electron chi connectivity index (χ3n) is 6.32. The van der Waals surface area contributed by atoms with Crippen molar-refractivity contribution < 1.29 is 4.79 Å². The van der Waals surface area contributed by atoms with Crippen LogP contribution in [0.2, 0.25) is 5.02 Å². The first-order chi connectivity index (χ1) is 15.8. The second-order valence-corrected chi connectivity index (χ2v) is 10.8. The molecule has 2 N–H and O–H groups in total. The fourth-order valence-corrected chi connectivity index (χ4v) is 4.86. The van der Waals surface area contributed by atoms with Gasteiger partial charge in [0.05, 0.1) is 0 Å². The Morgan fingerprint density at radius 2 is 1.70 bits per heavy atom. The van der Waals surface area contributed by atoms with E-state index in [0.29, 0.717) is 23.4 Å². The van der Waals surface area contributed by atoms with E-state index in [4.69, 9.17) is 16.7 Å². The first-order valence-electron chi connectivity index (χ1n) is 11.8. The van der Waals surface area contributed by atoms with Crippen molar-refractivity contribution in [2.45, 2.75) is 65.3 Å². The van der Waals surface area contributed by atoms with Gasteiger partial charge in [-0.05, 0) is 73.3 Å². The van der Waals surface area contributed by atoms with Gasteiger partial charge >= 0.3 is 0 Å². The maximum Gasteiger partial charge on any atom is 0.220 e. The maximum atomic E-state index is 12.3. The molecule has 1 aliphatic carbocycles. The molecule has 0 aliphatic heterocycles. The summed E-state index contributed by atoms with van der Waals surface area (Å²) >= 11 is 6.10. The lowest BCUT2D eigenvalue weighted by Gasteiger charge is -2.30. The van der Waals surface area contributed by atoms with E-state index in [2.05, 4.69) is 36.2 Å². The van der Waals surface area contributed by atoms with Gasteiger partial charge in [0, 0.05) is 46.7 Å². The van der Waals surface area contributed by atoms with Crippen LogP contribution in [-0.4, -0.2) is 27.1 Å². The highest BCUT2D eigenvalue weighted by Crippen LogP contribution is 2.36. The number of carbonyl (C=O) groups excluding carboxylic acids is 1. The van der Waals surface area contributed by atoms with Crippen LogP contribution in [0.4, 0.5) is 0 Å². The van der Waals surface area contributed by atoms with Gasteiger partial charge < -0.3 is 5.32 Å². The molecule has 1 saturated carbocycles. The first-order valence-corrected chi connectivity index (χ1v) is 12.2. The van der Waals surface area contributed by atoms with E-state index >= 15 is 0 Å². The Balaban J connectivity index is 1.47. The number of carbonyl (C=O) groups is 1. The molecule has 1 aromatic carbocycles. The molecule has 1 fully saturated rings.